The number of carbonyl (C=O) groups is 2. The summed E-state index contributed by atoms with van der Waals surface area (Å²) >= 11 is 0. The number of fused-ring (bicyclic) bond motifs is 1. The molecule has 29 heavy (non-hydrogen) atoms. The Labute approximate surface area is 171 Å². The van der Waals surface area contributed by atoms with Crippen molar-refractivity contribution in [1.29, 1.82) is 0 Å². The van der Waals surface area contributed by atoms with Crippen LogP contribution < -0.4 is 10.1 Å². The summed E-state index contributed by atoms with van der Waals surface area (Å²) in [5.74, 6) is 0.661. The number of amides is 3. The van der Waals surface area contributed by atoms with E-state index in [-0.39, 0.29) is 11.9 Å². The fraction of sp³-hybridized carbons (Fsp3) is 0.391. The molecule has 2 aliphatic heterocycles. The molecule has 0 bridgehead atoms. The molecule has 0 radical (unpaired) electrons. The van der Waals surface area contributed by atoms with E-state index in [1.54, 1.807) is 7.11 Å². The molecule has 3 amide bonds. The molecule has 6 nitrogen and oxygen atoms in total. The number of nitrogens with zero attached hydrogens (tertiary/aromatic N) is 2. The topological polar surface area (TPSA) is 61.9 Å². The summed E-state index contributed by atoms with van der Waals surface area (Å²) in [5.41, 5.74) is 2.86. The van der Waals surface area contributed by atoms with Crippen molar-refractivity contribution in [3.8, 4) is 5.75 Å². The lowest BCUT2D eigenvalue weighted by Gasteiger charge is -2.31. The van der Waals surface area contributed by atoms with Crippen LogP contribution >= 0.6 is 0 Å². The number of carbonyl (C=O) groups excluding carboxylic acids is 2. The number of hydrogen-bond acceptors (Lipinski definition) is 4. The highest BCUT2D eigenvalue weighted by molar-refractivity contribution is 6.06. The first-order valence-corrected chi connectivity index (χ1v) is 10.0. The summed E-state index contributed by atoms with van der Waals surface area (Å²) in [6, 6.07) is 15.9. The molecule has 2 heterocycles. The first-order valence-electron chi connectivity index (χ1n) is 10.0. The van der Waals surface area contributed by atoms with Gasteiger partial charge < -0.3 is 10.1 Å². The van der Waals surface area contributed by atoms with E-state index in [4.69, 9.17) is 4.74 Å². The second-order valence-corrected chi connectivity index (χ2v) is 8.06. The second-order valence-electron chi connectivity index (χ2n) is 8.06. The first-order chi connectivity index (χ1) is 14.0. The minimum absolute atomic E-state index is 0.144. The maximum absolute atomic E-state index is 13.1. The van der Waals surface area contributed by atoms with E-state index in [2.05, 4.69) is 28.4 Å². The quantitative estimate of drug-likeness (QED) is 0.767. The second kappa shape index (κ2) is 7.87. The molecule has 0 spiro atoms. The van der Waals surface area contributed by atoms with Crippen molar-refractivity contribution in [2.24, 2.45) is 0 Å². The van der Waals surface area contributed by atoms with Gasteiger partial charge >= 0.3 is 6.03 Å². The Balaban J connectivity index is 1.38. The number of methoxy groups -OCH3 is 1. The average Bonchev–Trinajstić information content (AvgIpc) is 2.96. The van der Waals surface area contributed by atoms with E-state index in [1.807, 2.05) is 37.3 Å². The Morgan fingerprint density at radius 2 is 1.79 bits per heavy atom. The third kappa shape index (κ3) is 3.98. The monoisotopic (exact) mass is 393 g/mol. The van der Waals surface area contributed by atoms with Crippen LogP contribution in [0, 0.1) is 0 Å². The summed E-state index contributed by atoms with van der Waals surface area (Å²) in [4.78, 5) is 29.2. The zero-order valence-corrected chi connectivity index (χ0v) is 17.0. The van der Waals surface area contributed by atoms with Gasteiger partial charge in [-0.2, -0.15) is 0 Å². The van der Waals surface area contributed by atoms with Crippen LogP contribution in [-0.4, -0.2) is 47.6 Å². The number of imide groups is 1. The third-order valence-corrected chi connectivity index (χ3v) is 5.97. The van der Waals surface area contributed by atoms with Crippen LogP contribution in [-0.2, 0) is 24.2 Å². The first kappa shape index (κ1) is 19.5. The van der Waals surface area contributed by atoms with Crippen molar-refractivity contribution in [2.45, 2.75) is 38.3 Å². The molecule has 1 fully saturated rings. The highest BCUT2D eigenvalue weighted by atomic mass is 16.5. The van der Waals surface area contributed by atoms with E-state index in [0.717, 1.165) is 30.8 Å². The number of ether oxygens (including phenoxy) is 1. The van der Waals surface area contributed by atoms with Crippen LogP contribution in [0.4, 0.5) is 4.79 Å². The van der Waals surface area contributed by atoms with E-state index in [9.17, 15) is 9.59 Å². The van der Waals surface area contributed by atoms with E-state index < -0.39 is 5.54 Å². The molecule has 0 aromatic heterocycles. The number of urea groups is 1. The summed E-state index contributed by atoms with van der Waals surface area (Å²) in [6.07, 6.45) is 2.20. The van der Waals surface area contributed by atoms with Gasteiger partial charge in [0.1, 0.15) is 11.3 Å². The van der Waals surface area contributed by atoms with Crippen LogP contribution in [0.3, 0.4) is 0 Å². The number of nitrogens with one attached hydrogen (secondary N) is 1. The normalized spacial score (nSPS) is 21.8. The molecule has 0 saturated carbocycles. The van der Waals surface area contributed by atoms with Gasteiger partial charge in [-0.3, -0.25) is 9.69 Å². The van der Waals surface area contributed by atoms with Crippen molar-refractivity contribution >= 4 is 11.9 Å². The van der Waals surface area contributed by atoms with Gasteiger partial charge in [-0.05, 0) is 55.0 Å². The summed E-state index contributed by atoms with van der Waals surface area (Å²) in [7, 11) is 1.64. The lowest BCUT2D eigenvalue weighted by atomic mass is 9.93. The Bertz CT molecular complexity index is 912. The van der Waals surface area contributed by atoms with Crippen LogP contribution in [0.25, 0.3) is 0 Å². The van der Waals surface area contributed by atoms with Gasteiger partial charge in [0.2, 0.25) is 0 Å². The molecule has 2 aromatic rings. The summed E-state index contributed by atoms with van der Waals surface area (Å²) in [5, 5.41) is 2.92. The van der Waals surface area contributed by atoms with Gasteiger partial charge in [0, 0.05) is 13.1 Å². The molecule has 1 atom stereocenters. The maximum Gasteiger partial charge on any atom is 0.326 e. The average molecular weight is 393 g/mol. The zero-order valence-electron chi connectivity index (χ0n) is 17.0. The standard InChI is InChI=1S/C23H27N3O3/c1-23(13-11-17-7-9-20(29-2)10-8-17)21(27)26(22(28)24-23)16-25-14-12-18-5-3-4-6-19(18)15-25/h3-10H,11-16H2,1-2H3,(H,24,28)/t23-/m1/s1. The van der Waals surface area contributed by atoms with Crippen LogP contribution in [0.15, 0.2) is 48.5 Å². The third-order valence-electron chi connectivity index (χ3n) is 5.97. The number of rotatable bonds is 6. The van der Waals surface area contributed by atoms with Gasteiger partial charge in [-0.25, -0.2) is 9.69 Å². The van der Waals surface area contributed by atoms with Crippen molar-refractivity contribution in [1.82, 2.24) is 15.1 Å². The molecule has 2 aliphatic rings. The Morgan fingerprint density at radius 3 is 2.52 bits per heavy atom. The minimum Gasteiger partial charge on any atom is -0.497 e. The Kier molecular flexibility index (Phi) is 5.28. The van der Waals surface area contributed by atoms with Crippen LogP contribution in [0.1, 0.15) is 30.0 Å². The van der Waals surface area contributed by atoms with Crippen molar-refractivity contribution in [3.05, 3.63) is 65.2 Å². The zero-order chi connectivity index (χ0) is 20.4. The summed E-state index contributed by atoms with van der Waals surface area (Å²) < 4.78 is 5.18. The highest BCUT2D eigenvalue weighted by Gasteiger charge is 2.47. The fourth-order valence-electron chi connectivity index (χ4n) is 4.11. The van der Waals surface area contributed by atoms with Crippen molar-refractivity contribution in [3.63, 3.8) is 0 Å². The van der Waals surface area contributed by atoms with Gasteiger partial charge in [-0.1, -0.05) is 36.4 Å². The van der Waals surface area contributed by atoms with Gasteiger partial charge in [-0.15, -0.1) is 0 Å². The SMILES string of the molecule is COc1ccc(CC[C@@]2(C)NC(=O)N(CN3CCc4ccccc4C3)C2=O)cc1. The predicted octanol–water partition coefficient (Wildman–Crippen LogP) is 2.95. The number of hydrogen-bond donors (Lipinski definition) is 1. The van der Waals surface area contributed by atoms with E-state index in [0.29, 0.717) is 19.5 Å². The van der Waals surface area contributed by atoms with Crippen LogP contribution in [0.2, 0.25) is 0 Å². The Morgan fingerprint density at radius 1 is 1.07 bits per heavy atom. The molecule has 1 saturated heterocycles. The molecule has 152 valence electrons. The summed E-state index contributed by atoms with van der Waals surface area (Å²) in [6.45, 7) is 3.76. The van der Waals surface area contributed by atoms with Crippen LogP contribution in [0.5, 0.6) is 5.75 Å². The molecule has 0 unspecified atom stereocenters. The van der Waals surface area contributed by atoms with E-state index in [1.165, 1.54) is 16.0 Å². The molecule has 1 N–H and O–H groups in total. The number of benzene rings is 2. The number of aryl methyl sites for hydroxylation is 1. The molecule has 6 heteroatoms. The highest BCUT2D eigenvalue weighted by Crippen LogP contribution is 2.26. The molecular formula is C23H27N3O3. The minimum atomic E-state index is -0.870. The van der Waals surface area contributed by atoms with Gasteiger partial charge in [0.15, 0.2) is 0 Å². The van der Waals surface area contributed by atoms with Crippen molar-refractivity contribution < 1.29 is 14.3 Å². The largest absolute Gasteiger partial charge is 0.497 e. The Hall–Kier alpha value is -2.86. The van der Waals surface area contributed by atoms with E-state index >= 15 is 0 Å². The smallest absolute Gasteiger partial charge is 0.326 e. The lowest BCUT2D eigenvalue weighted by Crippen LogP contribution is -2.46. The van der Waals surface area contributed by atoms with Gasteiger partial charge in [0.25, 0.3) is 5.91 Å². The maximum atomic E-state index is 13.1. The predicted molar refractivity (Wildman–Crippen MR) is 111 cm³/mol. The molecule has 2 aromatic carbocycles. The molecule has 4 rings (SSSR count). The fourth-order valence-corrected chi connectivity index (χ4v) is 4.11. The molecule has 0 aliphatic carbocycles. The molecular weight excluding hydrogens is 366 g/mol. The van der Waals surface area contributed by atoms with Gasteiger partial charge in [0.05, 0.1) is 13.8 Å². The van der Waals surface area contributed by atoms with Crippen molar-refractivity contribution in [2.75, 3.05) is 20.3 Å². The lowest BCUT2D eigenvalue weighted by molar-refractivity contribution is -0.132.